The van der Waals surface area contributed by atoms with Crippen molar-refractivity contribution in [2.24, 2.45) is 0 Å². The van der Waals surface area contributed by atoms with Gasteiger partial charge in [0.15, 0.2) is 0 Å². The Kier molecular flexibility index (Phi) is 5.90. The van der Waals surface area contributed by atoms with E-state index in [1.165, 1.54) is 6.92 Å². The summed E-state index contributed by atoms with van der Waals surface area (Å²) in [6, 6.07) is 0. The maximum absolute atomic E-state index is 12.7. The predicted molar refractivity (Wildman–Crippen MR) is 51.9 cm³/mol. The highest BCUT2D eigenvalue weighted by molar-refractivity contribution is 5.88. The van der Waals surface area contributed by atoms with Gasteiger partial charge in [0.2, 0.25) is 5.91 Å². The molecule has 2 amide bonds. The molecule has 0 saturated carbocycles. The lowest BCUT2D eigenvalue weighted by Gasteiger charge is -2.24. The van der Waals surface area contributed by atoms with Gasteiger partial charge in [-0.25, -0.2) is 8.78 Å². The average Bonchev–Trinajstić information content (AvgIpc) is 2.25. The fourth-order valence-electron chi connectivity index (χ4n) is 1.06. The first-order chi connectivity index (χ1) is 7.77. The van der Waals surface area contributed by atoms with Gasteiger partial charge in [0.1, 0.15) is 0 Å². The fourth-order valence-corrected chi connectivity index (χ4v) is 1.06. The lowest BCUT2D eigenvalue weighted by atomic mass is 10.3. The number of halogens is 4. The molecule has 0 rings (SSSR count). The summed E-state index contributed by atoms with van der Waals surface area (Å²) in [5.41, 5.74) is 0. The number of hydrogen-bond donors (Lipinski definition) is 1. The third kappa shape index (κ3) is 4.20. The third-order valence-corrected chi connectivity index (χ3v) is 1.94. The molecule has 0 aliphatic carbocycles. The van der Waals surface area contributed by atoms with Crippen molar-refractivity contribution in [3.63, 3.8) is 0 Å². The van der Waals surface area contributed by atoms with Crippen molar-refractivity contribution < 1.29 is 27.2 Å². The highest BCUT2D eigenvalue weighted by atomic mass is 19.3. The monoisotopic (exact) mass is 258 g/mol. The van der Waals surface area contributed by atoms with Crippen molar-refractivity contribution in [3.05, 3.63) is 0 Å². The SMILES string of the molecule is CCNC(=O)CN(CC)C(=O)C(F)(F)C(F)F. The lowest BCUT2D eigenvalue weighted by molar-refractivity contribution is -0.181. The molecule has 0 saturated heterocycles. The molecule has 0 fully saturated rings. The molecule has 100 valence electrons. The molecule has 0 aromatic heterocycles. The van der Waals surface area contributed by atoms with Gasteiger partial charge in [0.05, 0.1) is 6.54 Å². The summed E-state index contributed by atoms with van der Waals surface area (Å²) in [7, 11) is 0. The van der Waals surface area contributed by atoms with Gasteiger partial charge in [0.25, 0.3) is 5.91 Å². The van der Waals surface area contributed by atoms with E-state index in [1.54, 1.807) is 6.92 Å². The normalized spacial score (nSPS) is 11.5. The lowest BCUT2D eigenvalue weighted by Crippen LogP contribution is -2.50. The maximum Gasteiger partial charge on any atom is 0.383 e. The van der Waals surface area contributed by atoms with Gasteiger partial charge in [0, 0.05) is 13.1 Å². The first-order valence-electron chi connectivity index (χ1n) is 4.99. The van der Waals surface area contributed by atoms with Crippen molar-refractivity contribution in [1.82, 2.24) is 10.2 Å². The van der Waals surface area contributed by atoms with Crippen LogP contribution < -0.4 is 5.32 Å². The Morgan fingerprint density at radius 3 is 2.18 bits per heavy atom. The van der Waals surface area contributed by atoms with E-state index in [4.69, 9.17) is 0 Å². The first-order valence-corrected chi connectivity index (χ1v) is 4.99. The summed E-state index contributed by atoms with van der Waals surface area (Å²) in [5, 5.41) is 2.28. The molecule has 17 heavy (non-hydrogen) atoms. The van der Waals surface area contributed by atoms with Crippen LogP contribution in [0.25, 0.3) is 0 Å². The topological polar surface area (TPSA) is 49.4 Å². The van der Waals surface area contributed by atoms with E-state index in [0.29, 0.717) is 4.90 Å². The van der Waals surface area contributed by atoms with E-state index < -0.39 is 30.7 Å². The number of likely N-dealkylation sites (N-methyl/N-ethyl adjacent to an activating group) is 2. The second-order valence-corrected chi connectivity index (χ2v) is 3.20. The van der Waals surface area contributed by atoms with Crippen LogP contribution in [0.5, 0.6) is 0 Å². The molecule has 0 aliphatic rings. The number of carbonyl (C=O) groups excluding carboxylic acids is 2. The van der Waals surface area contributed by atoms with Crippen LogP contribution >= 0.6 is 0 Å². The highest BCUT2D eigenvalue weighted by Crippen LogP contribution is 2.25. The summed E-state index contributed by atoms with van der Waals surface area (Å²) in [6.45, 7) is 2.27. The number of nitrogens with zero attached hydrogens (tertiary/aromatic N) is 1. The second kappa shape index (κ2) is 6.41. The van der Waals surface area contributed by atoms with Gasteiger partial charge < -0.3 is 10.2 Å². The van der Waals surface area contributed by atoms with Crippen LogP contribution in [0.2, 0.25) is 0 Å². The van der Waals surface area contributed by atoms with Crippen molar-refractivity contribution >= 4 is 11.8 Å². The van der Waals surface area contributed by atoms with Crippen molar-refractivity contribution in [2.75, 3.05) is 19.6 Å². The predicted octanol–water partition coefficient (Wildman–Crippen LogP) is 0.871. The van der Waals surface area contributed by atoms with Crippen LogP contribution in [0.1, 0.15) is 13.8 Å². The third-order valence-electron chi connectivity index (χ3n) is 1.94. The van der Waals surface area contributed by atoms with E-state index in [0.717, 1.165) is 0 Å². The molecule has 8 heteroatoms. The van der Waals surface area contributed by atoms with E-state index in [9.17, 15) is 27.2 Å². The van der Waals surface area contributed by atoms with Crippen LogP contribution in [0.4, 0.5) is 17.6 Å². The zero-order chi connectivity index (χ0) is 13.6. The van der Waals surface area contributed by atoms with E-state index in [2.05, 4.69) is 5.32 Å². The number of alkyl halides is 4. The van der Waals surface area contributed by atoms with Crippen LogP contribution in [0.15, 0.2) is 0 Å². The first kappa shape index (κ1) is 15.7. The maximum atomic E-state index is 12.7. The van der Waals surface area contributed by atoms with Crippen LogP contribution in [0.3, 0.4) is 0 Å². The van der Waals surface area contributed by atoms with E-state index >= 15 is 0 Å². The minimum absolute atomic E-state index is 0.252. The van der Waals surface area contributed by atoms with E-state index in [-0.39, 0.29) is 13.1 Å². The molecule has 0 atom stereocenters. The molecule has 0 aromatic rings. The molecular weight excluding hydrogens is 244 g/mol. The fraction of sp³-hybridized carbons (Fsp3) is 0.778. The van der Waals surface area contributed by atoms with Crippen LogP contribution in [-0.4, -0.2) is 48.7 Å². The van der Waals surface area contributed by atoms with E-state index in [1.807, 2.05) is 0 Å². The molecule has 0 unspecified atom stereocenters. The number of rotatable bonds is 6. The smallest absolute Gasteiger partial charge is 0.355 e. The van der Waals surface area contributed by atoms with Crippen LogP contribution in [0, 0.1) is 0 Å². The molecule has 0 aromatic carbocycles. The van der Waals surface area contributed by atoms with Gasteiger partial charge in [-0.05, 0) is 13.8 Å². The van der Waals surface area contributed by atoms with Gasteiger partial charge >= 0.3 is 12.3 Å². The average molecular weight is 258 g/mol. The van der Waals surface area contributed by atoms with Gasteiger partial charge in [-0.1, -0.05) is 0 Å². The number of carbonyl (C=O) groups is 2. The molecule has 0 bridgehead atoms. The largest absolute Gasteiger partial charge is 0.383 e. The summed E-state index contributed by atoms with van der Waals surface area (Å²) in [6.07, 6.45) is -4.08. The molecule has 0 radical (unpaired) electrons. The zero-order valence-electron chi connectivity index (χ0n) is 9.47. The zero-order valence-corrected chi connectivity index (χ0v) is 9.47. The van der Waals surface area contributed by atoms with Crippen LogP contribution in [-0.2, 0) is 9.59 Å². The molecule has 1 N–H and O–H groups in total. The Morgan fingerprint density at radius 1 is 1.29 bits per heavy atom. The standard InChI is InChI=1S/C9H14F4N2O2/c1-3-14-6(16)5-15(4-2)8(17)9(12,13)7(10)11/h7H,3-5H2,1-2H3,(H,14,16). The van der Waals surface area contributed by atoms with Crippen molar-refractivity contribution in [3.8, 4) is 0 Å². The number of nitrogens with one attached hydrogen (secondary N) is 1. The minimum atomic E-state index is -4.76. The van der Waals surface area contributed by atoms with Crippen molar-refractivity contribution in [1.29, 1.82) is 0 Å². The van der Waals surface area contributed by atoms with Crippen molar-refractivity contribution in [2.45, 2.75) is 26.2 Å². The summed E-state index contributed by atoms with van der Waals surface area (Å²) in [4.78, 5) is 22.6. The minimum Gasteiger partial charge on any atom is -0.355 e. The second-order valence-electron chi connectivity index (χ2n) is 3.20. The Bertz CT molecular complexity index is 284. The summed E-state index contributed by atoms with van der Waals surface area (Å²) >= 11 is 0. The molecule has 4 nitrogen and oxygen atoms in total. The summed E-state index contributed by atoms with van der Waals surface area (Å²) in [5.74, 6) is -7.48. The van der Waals surface area contributed by atoms with Gasteiger partial charge in [-0.2, -0.15) is 8.78 Å². The van der Waals surface area contributed by atoms with Gasteiger partial charge in [-0.3, -0.25) is 9.59 Å². The Labute approximate surface area is 96.0 Å². The summed E-state index contributed by atoms with van der Waals surface area (Å²) < 4.78 is 49.4. The molecule has 0 heterocycles. The Morgan fingerprint density at radius 2 is 1.82 bits per heavy atom. The van der Waals surface area contributed by atoms with Gasteiger partial charge in [-0.15, -0.1) is 0 Å². The molecule has 0 spiro atoms. The quantitative estimate of drug-likeness (QED) is 0.719. The number of hydrogen-bond acceptors (Lipinski definition) is 2. The highest BCUT2D eigenvalue weighted by Gasteiger charge is 2.51. The number of amides is 2. The molecule has 0 aliphatic heterocycles. The Hall–Kier alpha value is -1.34. The Balaban J connectivity index is 4.67. The molecular formula is C9H14F4N2O2.